The van der Waals surface area contributed by atoms with E-state index in [2.05, 4.69) is 31.5 Å². The predicted molar refractivity (Wildman–Crippen MR) is 165 cm³/mol. The lowest BCUT2D eigenvalue weighted by Crippen LogP contribution is -2.57. The van der Waals surface area contributed by atoms with E-state index in [-0.39, 0.29) is 17.9 Å². The zero-order valence-corrected chi connectivity index (χ0v) is 26.7. The van der Waals surface area contributed by atoms with Crippen LogP contribution >= 0.6 is 27.3 Å². The molecule has 1 aliphatic rings. The third-order valence-corrected chi connectivity index (χ3v) is 8.88. The molecule has 2 N–H and O–H groups in total. The SMILES string of the molecule is COc1cc(Br)ccc1C(=O)NC(C(=O)N1CCCC1C(=O)NC(C)c1ccc(-c2scnc2C)cc1)C(C)(C)C. The molecule has 2 aromatic carbocycles. The Morgan fingerprint density at radius 2 is 1.83 bits per heavy atom. The standard InChI is InChI=1S/C31H37BrN4O4S/c1-18(20-9-11-21(12-10-20)26-19(2)33-17-41-26)34-29(38)24-8-7-15-36(24)30(39)27(31(3,4)5)35-28(37)23-14-13-22(32)16-25(23)40-6/h9-14,16-18,24,27H,7-8,15H2,1-6H3,(H,34,38)(H,35,37). The molecule has 0 radical (unpaired) electrons. The van der Waals surface area contributed by atoms with Gasteiger partial charge in [0.2, 0.25) is 11.8 Å². The van der Waals surface area contributed by atoms with E-state index >= 15 is 0 Å². The number of rotatable bonds is 8. The Hall–Kier alpha value is -3.24. The molecule has 0 aliphatic carbocycles. The number of nitrogens with zero attached hydrogens (tertiary/aromatic N) is 2. The number of hydrogen-bond acceptors (Lipinski definition) is 6. The van der Waals surface area contributed by atoms with Gasteiger partial charge in [0, 0.05) is 11.0 Å². The van der Waals surface area contributed by atoms with E-state index < -0.39 is 23.4 Å². The van der Waals surface area contributed by atoms with Gasteiger partial charge in [0.05, 0.1) is 34.8 Å². The molecule has 4 rings (SSSR count). The summed E-state index contributed by atoms with van der Waals surface area (Å²) in [4.78, 5) is 47.7. The first-order valence-corrected chi connectivity index (χ1v) is 15.3. The number of thiazole rings is 1. The molecule has 3 aromatic rings. The van der Waals surface area contributed by atoms with Gasteiger partial charge in [0.15, 0.2) is 0 Å². The fourth-order valence-electron chi connectivity index (χ4n) is 5.07. The molecular formula is C31H37BrN4O4S. The highest BCUT2D eigenvalue weighted by atomic mass is 79.9. The van der Waals surface area contributed by atoms with Crippen LogP contribution in [0.1, 0.15) is 68.2 Å². The first kappa shape index (κ1) is 30.7. The molecule has 0 spiro atoms. The van der Waals surface area contributed by atoms with Crippen LogP contribution in [0.15, 0.2) is 52.4 Å². The number of carbonyl (C=O) groups excluding carboxylic acids is 3. The summed E-state index contributed by atoms with van der Waals surface area (Å²) in [5, 5.41) is 6.03. The Morgan fingerprint density at radius 3 is 2.44 bits per heavy atom. The number of benzene rings is 2. The second-order valence-electron chi connectivity index (χ2n) is 11.4. The monoisotopic (exact) mass is 640 g/mol. The second-order valence-corrected chi connectivity index (χ2v) is 13.2. The van der Waals surface area contributed by atoms with Crippen LogP contribution in [0.4, 0.5) is 0 Å². The van der Waals surface area contributed by atoms with E-state index in [0.29, 0.717) is 30.7 Å². The molecule has 1 aromatic heterocycles. The summed E-state index contributed by atoms with van der Waals surface area (Å²) < 4.78 is 6.16. The maximum atomic E-state index is 13.9. The van der Waals surface area contributed by atoms with Crippen molar-refractivity contribution in [1.82, 2.24) is 20.5 Å². The highest BCUT2D eigenvalue weighted by Gasteiger charge is 2.42. The van der Waals surface area contributed by atoms with Crippen LogP contribution in [0.3, 0.4) is 0 Å². The van der Waals surface area contributed by atoms with Crippen molar-refractivity contribution in [3.05, 3.63) is 69.3 Å². The first-order valence-electron chi connectivity index (χ1n) is 13.7. The lowest BCUT2D eigenvalue weighted by molar-refractivity contribution is -0.142. The topological polar surface area (TPSA) is 101 Å². The van der Waals surface area contributed by atoms with Crippen molar-refractivity contribution in [2.75, 3.05) is 13.7 Å². The van der Waals surface area contributed by atoms with E-state index in [0.717, 1.165) is 26.2 Å². The normalized spacial score (nSPS) is 16.7. The summed E-state index contributed by atoms with van der Waals surface area (Å²) in [6.45, 7) is 10.1. The summed E-state index contributed by atoms with van der Waals surface area (Å²) in [5.41, 5.74) is 4.64. The number of ether oxygens (including phenoxy) is 1. The summed E-state index contributed by atoms with van der Waals surface area (Å²) in [6, 6.07) is 11.5. The van der Waals surface area contributed by atoms with Gasteiger partial charge in [-0.2, -0.15) is 0 Å². The molecule has 2 heterocycles. The molecule has 3 unspecified atom stereocenters. The van der Waals surface area contributed by atoms with Crippen LogP contribution in [-0.2, 0) is 9.59 Å². The highest BCUT2D eigenvalue weighted by molar-refractivity contribution is 9.10. The number of amides is 3. The van der Waals surface area contributed by atoms with Gasteiger partial charge in [0.25, 0.3) is 5.91 Å². The van der Waals surface area contributed by atoms with Gasteiger partial charge >= 0.3 is 0 Å². The summed E-state index contributed by atoms with van der Waals surface area (Å²) in [6.07, 6.45) is 1.28. The largest absolute Gasteiger partial charge is 0.496 e. The highest BCUT2D eigenvalue weighted by Crippen LogP contribution is 2.30. The fourth-order valence-corrected chi connectivity index (χ4v) is 6.23. The van der Waals surface area contributed by atoms with Gasteiger partial charge < -0.3 is 20.3 Å². The van der Waals surface area contributed by atoms with Gasteiger partial charge in [0.1, 0.15) is 17.8 Å². The number of hydrogen-bond donors (Lipinski definition) is 2. The molecule has 1 aliphatic heterocycles. The van der Waals surface area contributed by atoms with Crippen molar-refractivity contribution in [3.63, 3.8) is 0 Å². The quantitative estimate of drug-likeness (QED) is 0.319. The van der Waals surface area contributed by atoms with Gasteiger partial charge in [-0.25, -0.2) is 4.98 Å². The smallest absolute Gasteiger partial charge is 0.255 e. The van der Waals surface area contributed by atoms with Crippen molar-refractivity contribution < 1.29 is 19.1 Å². The molecule has 3 amide bonds. The van der Waals surface area contributed by atoms with Crippen LogP contribution in [0.5, 0.6) is 5.75 Å². The van der Waals surface area contributed by atoms with Crippen molar-refractivity contribution >= 4 is 45.0 Å². The van der Waals surface area contributed by atoms with E-state index in [1.165, 1.54) is 7.11 Å². The molecule has 218 valence electrons. The van der Waals surface area contributed by atoms with Crippen molar-refractivity contribution in [2.45, 2.75) is 65.6 Å². The Bertz CT molecular complexity index is 1420. The third-order valence-electron chi connectivity index (χ3n) is 7.41. The minimum Gasteiger partial charge on any atom is -0.496 e. The van der Waals surface area contributed by atoms with Gasteiger partial charge in [-0.05, 0) is 61.4 Å². The van der Waals surface area contributed by atoms with Crippen LogP contribution < -0.4 is 15.4 Å². The lowest BCUT2D eigenvalue weighted by atomic mass is 9.85. The Kier molecular flexibility index (Phi) is 9.54. The third kappa shape index (κ3) is 6.98. The predicted octanol–water partition coefficient (Wildman–Crippen LogP) is 5.90. The van der Waals surface area contributed by atoms with Crippen LogP contribution in [-0.4, -0.2) is 53.3 Å². The van der Waals surface area contributed by atoms with E-state index in [1.807, 2.05) is 64.4 Å². The summed E-state index contributed by atoms with van der Waals surface area (Å²) in [7, 11) is 1.50. The van der Waals surface area contributed by atoms with Gasteiger partial charge in [-0.1, -0.05) is 61.0 Å². The molecule has 0 bridgehead atoms. The molecule has 10 heteroatoms. The maximum Gasteiger partial charge on any atom is 0.255 e. The lowest BCUT2D eigenvalue weighted by Gasteiger charge is -2.35. The Balaban J connectivity index is 1.46. The average Bonchev–Trinajstić information content (AvgIpc) is 3.60. The number of aryl methyl sites for hydroxylation is 1. The number of aromatic nitrogens is 1. The Morgan fingerprint density at radius 1 is 1.12 bits per heavy atom. The second kappa shape index (κ2) is 12.7. The number of nitrogens with one attached hydrogen (secondary N) is 2. The number of methoxy groups -OCH3 is 1. The number of likely N-dealkylation sites (tertiary alicyclic amines) is 1. The first-order chi connectivity index (χ1) is 19.4. The van der Waals surface area contributed by atoms with Crippen molar-refractivity contribution in [1.29, 1.82) is 0 Å². The number of carbonyl (C=O) groups is 3. The Labute approximate surface area is 254 Å². The zero-order valence-electron chi connectivity index (χ0n) is 24.3. The van der Waals surface area contributed by atoms with E-state index in [9.17, 15) is 14.4 Å². The average molecular weight is 642 g/mol. The van der Waals surface area contributed by atoms with Crippen LogP contribution in [0, 0.1) is 12.3 Å². The molecular weight excluding hydrogens is 604 g/mol. The van der Waals surface area contributed by atoms with E-state index in [4.69, 9.17) is 4.74 Å². The molecule has 41 heavy (non-hydrogen) atoms. The molecule has 0 saturated carbocycles. The van der Waals surface area contributed by atoms with Crippen LogP contribution in [0.25, 0.3) is 10.4 Å². The minimum absolute atomic E-state index is 0.195. The zero-order chi connectivity index (χ0) is 29.9. The molecule has 8 nitrogen and oxygen atoms in total. The van der Waals surface area contributed by atoms with Crippen molar-refractivity contribution in [2.24, 2.45) is 5.41 Å². The maximum absolute atomic E-state index is 13.9. The molecule has 1 saturated heterocycles. The van der Waals surface area contributed by atoms with Gasteiger partial charge in [-0.15, -0.1) is 11.3 Å². The summed E-state index contributed by atoms with van der Waals surface area (Å²) >= 11 is 4.99. The fraction of sp³-hybridized carbons (Fsp3) is 0.419. The summed E-state index contributed by atoms with van der Waals surface area (Å²) in [5.74, 6) is -0.469. The minimum atomic E-state index is -0.836. The van der Waals surface area contributed by atoms with Crippen molar-refractivity contribution in [3.8, 4) is 16.2 Å². The van der Waals surface area contributed by atoms with Gasteiger partial charge in [-0.3, -0.25) is 14.4 Å². The van der Waals surface area contributed by atoms with E-state index in [1.54, 1.807) is 34.4 Å². The molecule has 1 fully saturated rings. The molecule has 3 atom stereocenters. The number of halogens is 1. The van der Waals surface area contributed by atoms with Crippen LogP contribution in [0.2, 0.25) is 0 Å².